The van der Waals surface area contributed by atoms with E-state index in [1.165, 1.54) is 101 Å². The van der Waals surface area contributed by atoms with Gasteiger partial charge in [-0.2, -0.15) is 0 Å². The highest BCUT2D eigenvalue weighted by atomic mass is 14.9. The third kappa shape index (κ3) is 7.53. The summed E-state index contributed by atoms with van der Waals surface area (Å²) >= 11 is 0. The first-order valence-electron chi connectivity index (χ1n) is 15.8. The Labute approximate surface area is 236 Å². The second-order valence-electron chi connectivity index (χ2n) is 13.1. The lowest BCUT2D eigenvalue weighted by Gasteiger charge is -2.36. The topological polar surface area (TPSA) is 12.0 Å². The molecule has 1 heterocycles. The molecule has 0 spiro atoms. The molecule has 1 heteroatoms. The maximum absolute atomic E-state index is 4.07. The van der Waals surface area contributed by atoms with Gasteiger partial charge in [-0.3, -0.25) is 0 Å². The van der Waals surface area contributed by atoms with Crippen molar-refractivity contribution in [2.45, 2.75) is 118 Å². The van der Waals surface area contributed by atoms with Gasteiger partial charge in [-0.25, -0.2) is 0 Å². The van der Waals surface area contributed by atoms with Crippen LogP contribution in [0.15, 0.2) is 42.5 Å². The Bertz CT molecular complexity index is 932. The van der Waals surface area contributed by atoms with Gasteiger partial charge in [0.15, 0.2) is 0 Å². The van der Waals surface area contributed by atoms with Crippen LogP contribution in [0.5, 0.6) is 0 Å². The van der Waals surface area contributed by atoms with Crippen LogP contribution in [0.25, 0.3) is 12.2 Å². The lowest BCUT2D eigenvalue weighted by atomic mass is 9.69. The lowest BCUT2D eigenvalue weighted by molar-refractivity contribution is 0.206. The van der Waals surface area contributed by atoms with Crippen LogP contribution in [-0.2, 0) is 0 Å². The zero-order chi connectivity index (χ0) is 26.3. The summed E-state index contributed by atoms with van der Waals surface area (Å²) in [5.41, 5.74) is 6.48. The minimum absolute atomic E-state index is 0. The second-order valence-corrected chi connectivity index (χ2v) is 13.1. The SMILES string of the molecule is C.C=Cc1cc(C2CCC(C3CC[C@@]4(C)CCCCC4=CC3CCC)C2)ccc1/C=C\C.CC1CCNC1. The van der Waals surface area contributed by atoms with Crippen LogP contribution < -0.4 is 5.32 Å². The maximum Gasteiger partial charge on any atom is -0.00227 e. The molecule has 0 amide bonds. The first-order chi connectivity index (χ1) is 18.0. The Hall–Kier alpha value is -1.60. The van der Waals surface area contributed by atoms with Gasteiger partial charge in [0.05, 0.1) is 0 Å². The fourth-order valence-electron chi connectivity index (χ4n) is 8.02. The molecule has 2 saturated carbocycles. The second kappa shape index (κ2) is 14.7. The van der Waals surface area contributed by atoms with Crippen LogP contribution in [0.4, 0.5) is 0 Å². The maximum atomic E-state index is 4.07. The molecule has 0 aromatic heterocycles. The Balaban J connectivity index is 0.000000504. The molecule has 0 bridgehead atoms. The van der Waals surface area contributed by atoms with Gasteiger partial charge in [-0.05, 0) is 136 Å². The molecule has 1 nitrogen and oxygen atoms in total. The van der Waals surface area contributed by atoms with E-state index in [2.05, 4.69) is 76.0 Å². The monoisotopic (exact) mass is 517 g/mol. The zero-order valence-corrected chi connectivity index (χ0v) is 24.5. The number of benzene rings is 1. The number of allylic oxidation sites excluding steroid dienone is 3. The fraction of sp³-hybridized carbons (Fsp3) is 0.676. The van der Waals surface area contributed by atoms with E-state index in [9.17, 15) is 0 Å². The van der Waals surface area contributed by atoms with Crippen molar-refractivity contribution in [2.75, 3.05) is 13.1 Å². The van der Waals surface area contributed by atoms with Gasteiger partial charge >= 0.3 is 0 Å². The summed E-state index contributed by atoms with van der Waals surface area (Å²) in [5, 5.41) is 3.27. The third-order valence-electron chi connectivity index (χ3n) is 10.4. The number of nitrogens with one attached hydrogen (secondary N) is 1. The molecule has 4 aliphatic rings. The molecular weight excluding hydrogens is 458 g/mol. The minimum Gasteiger partial charge on any atom is -0.316 e. The van der Waals surface area contributed by atoms with E-state index in [0.29, 0.717) is 5.41 Å². The van der Waals surface area contributed by atoms with Crippen molar-refractivity contribution >= 4 is 12.2 Å². The molecule has 212 valence electrons. The summed E-state index contributed by atoms with van der Waals surface area (Å²) in [6, 6.07) is 7.12. The zero-order valence-electron chi connectivity index (χ0n) is 24.5. The summed E-state index contributed by atoms with van der Waals surface area (Å²) in [4.78, 5) is 0. The average Bonchev–Trinajstić information content (AvgIpc) is 3.56. The van der Waals surface area contributed by atoms with E-state index < -0.39 is 0 Å². The molecule has 3 fully saturated rings. The fourth-order valence-corrected chi connectivity index (χ4v) is 8.02. The highest BCUT2D eigenvalue weighted by Gasteiger charge is 2.41. The van der Waals surface area contributed by atoms with Crippen LogP contribution in [0, 0.1) is 29.1 Å². The first-order valence-corrected chi connectivity index (χ1v) is 15.8. The quantitative estimate of drug-likeness (QED) is 0.370. The molecule has 6 atom stereocenters. The molecule has 38 heavy (non-hydrogen) atoms. The average molecular weight is 518 g/mol. The summed E-state index contributed by atoms with van der Waals surface area (Å²) in [6.07, 6.45) is 26.0. The molecule has 5 unspecified atom stereocenters. The van der Waals surface area contributed by atoms with E-state index in [1.807, 2.05) is 11.6 Å². The standard InChI is InChI=1S/C31H44.C5H11N.CH4/c1-5-10-24-13-14-25(20-23(24)7-3)26-15-16-28(21-26)30-17-19-31(4)18-9-8-12-29(31)22-27(30)11-6-2;1-5-2-3-6-4-5;/h5,7,10,13-14,20,22,26-28,30H,3,6,8-9,11-12,15-19,21H2,1-2,4H3;5-6H,2-4H2,1H3;1H4/b10-5-;;/t26?,27?,28?,30?,31-;;/m1../s1. The predicted octanol–water partition coefficient (Wildman–Crippen LogP) is 10.8. The van der Waals surface area contributed by atoms with Crippen molar-refractivity contribution < 1.29 is 0 Å². The Kier molecular flexibility index (Phi) is 12.0. The van der Waals surface area contributed by atoms with E-state index in [4.69, 9.17) is 0 Å². The Morgan fingerprint density at radius 1 is 1.08 bits per heavy atom. The highest BCUT2D eigenvalue weighted by molar-refractivity contribution is 5.65. The number of hydrogen-bond donors (Lipinski definition) is 1. The number of fused-ring (bicyclic) bond motifs is 1. The summed E-state index contributed by atoms with van der Waals surface area (Å²) in [5.74, 6) is 4.31. The highest BCUT2D eigenvalue weighted by Crippen LogP contribution is 2.53. The van der Waals surface area contributed by atoms with Crippen molar-refractivity contribution in [3.05, 3.63) is 59.2 Å². The van der Waals surface area contributed by atoms with E-state index in [0.717, 1.165) is 29.6 Å². The van der Waals surface area contributed by atoms with Gasteiger partial charge in [0.2, 0.25) is 0 Å². The summed E-state index contributed by atoms with van der Waals surface area (Å²) in [7, 11) is 0. The van der Waals surface area contributed by atoms with E-state index in [1.54, 1.807) is 5.56 Å². The minimum atomic E-state index is 0. The van der Waals surface area contributed by atoms with Crippen LogP contribution in [0.2, 0.25) is 0 Å². The molecule has 1 aliphatic heterocycles. The van der Waals surface area contributed by atoms with Crippen molar-refractivity contribution in [2.24, 2.45) is 29.1 Å². The molecule has 1 saturated heterocycles. The molecule has 1 aromatic rings. The van der Waals surface area contributed by atoms with Gasteiger partial charge in [0.1, 0.15) is 0 Å². The third-order valence-corrected chi connectivity index (χ3v) is 10.4. The van der Waals surface area contributed by atoms with Crippen molar-refractivity contribution in [1.82, 2.24) is 5.32 Å². The van der Waals surface area contributed by atoms with Gasteiger partial charge in [0, 0.05) is 0 Å². The molecule has 0 radical (unpaired) electrons. The van der Waals surface area contributed by atoms with Crippen LogP contribution >= 0.6 is 0 Å². The molecule has 1 aromatic carbocycles. The molecule has 1 N–H and O–H groups in total. The van der Waals surface area contributed by atoms with E-state index in [-0.39, 0.29) is 7.43 Å². The Morgan fingerprint density at radius 2 is 1.92 bits per heavy atom. The Morgan fingerprint density at radius 3 is 2.58 bits per heavy atom. The van der Waals surface area contributed by atoms with Crippen molar-refractivity contribution in [3.8, 4) is 0 Å². The smallest absolute Gasteiger partial charge is 0.00227 e. The molecule has 5 rings (SSSR count). The number of rotatable bonds is 6. The summed E-state index contributed by atoms with van der Waals surface area (Å²) < 4.78 is 0. The van der Waals surface area contributed by atoms with Crippen molar-refractivity contribution in [3.63, 3.8) is 0 Å². The van der Waals surface area contributed by atoms with Gasteiger partial charge < -0.3 is 5.32 Å². The van der Waals surface area contributed by atoms with Crippen LogP contribution in [0.3, 0.4) is 0 Å². The first kappa shape index (κ1) is 30.9. The van der Waals surface area contributed by atoms with Gasteiger partial charge in [-0.1, -0.05) is 95.7 Å². The predicted molar refractivity (Wildman–Crippen MR) is 170 cm³/mol. The van der Waals surface area contributed by atoms with Crippen molar-refractivity contribution in [1.29, 1.82) is 0 Å². The van der Waals surface area contributed by atoms with Gasteiger partial charge in [0.25, 0.3) is 0 Å². The molecular formula is C37H59N. The molecule has 3 aliphatic carbocycles. The lowest BCUT2D eigenvalue weighted by Crippen LogP contribution is -2.23. The number of hydrogen-bond acceptors (Lipinski definition) is 1. The van der Waals surface area contributed by atoms with E-state index >= 15 is 0 Å². The normalized spacial score (nSPS) is 32.9. The van der Waals surface area contributed by atoms with Gasteiger partial charge in [-0.15, -0.1) is 0 Å². The van der Waals surface area contributed by atoms with Crippen LogP contribution in [0.1, 0.15) is 135 Å². The largest absolute Gasteiger partial charge is 0.316 e. The van der Waals surface area contributed by atoms with Crippen LogP contribution in [-0.4, -0.2) is 13.1 Å². The summed E-state index contributed by atoms with van der Waals surface area (Å²) in [6.45, 7) is 15.9.